The van der Waals surface area contributed by atoms with Gasteiger partial charge in [-0.05, 0) is 68.7 Å². The molecule has 170 valence electrons. The van der Waals surface area contributed by atoms with Crippen LogP contribution in [0.1, 0.15) is 39.6 Å². The van der Waals surface area contributed by atoms with Gasteiger partial charge in [-0.1, -0.05) is 6.07 Å². The highest BCUT2D eigenvalue weighted by Gasteiger charge is 2.32. The summed E-state index contributed by atoms with van der Waals surface area (Å²) < 4.78 is 31.4. The fourth-order valence-corrected chi connectivity index (χ4v) is 6.20. The average Bonchev–Trinajstić information content (AvgIpc) is 3.46. The Morgan fingerprint density at radius 1 is 1.15 bits per heavy atom. The third-order valence-electron chi connectivity index (χ3n) is 5.89. The van der Waals surface area contributed by atoms with Crippen LogP contribution in [-0.2, 0) is 9.84 Å². The van der Waals surface area contributed by atoms with E-state index in [1.165, 1.54) is 0 Å². The molecule has 1 N–H and O–H groups in total. The van der Waals surface area contributed by atoms with E-state index in [9.17, 15) is 13.2 Å². The lowest BCUT2D eigenvalue weighted by Crippen LogP contribution is -2.15. The number of anilines is 1. The van der Waals surface area contributed by atoms with Crippen LogP contribution in [0.3, 0.4) is 0 Å². The van der Waals surface area contributed by atoms with Crippen molar-refractivity contribution < 1.29 is 17.6 Å². The Labute approximate surface area is 191 Å². The number of hydrogen-bond acceptors (Lipinski definition) is 6. The molecule has 1 fully saturated rings. The number of nitrogens with zero attached hydrogens (tertiary/aromatic N) is 3. The fourth-order valence-electron chi connectivity index (χ4n) is 4.51. The molecule has 4 aromatic rings. The third-order valence-corrected chi connectivity index (χ3v) is 7.64. The Morgan fingerprint density at radius 2 is 1.91 bits per heavy atom. The van der Waals surface area contributed by atoms with Crippen LogP contribution in [0.4, 0.5) is 5.69 Å². The molecule has 1 amide bonds. The van der Waals surface area contributed by atoms with Crippen molar-refractivity contribution in [2.24, 2.45) is 0 Å². The molecule has 1 aliphatic heterocycles. The molecule has 0 saturated carbocycles. The summed E-state index contributed by atoms with van der Waals surface area (Å²) in [6.45, 7) is 5.77. The number of carbonyl (C=O) groups is 1. The first-order valence-electron chi connectivity index (χ1n) is 10.7. The second-order valence-corrected chi connectivity index (χ2v) is 10.9. The number of hydrogen-bond donors (Lipinski definition) is 1. The summed E-state index contributed by atoms with van der Waals surface area (Å²) >= 11 is 0. The van der Waals surface area contributed by atoms with E-state index in [-0.39, 0.29) is 23.5 Å². The first kappa shape index (κ1) is 21.4. The molecule has 0 aliphatic carbocycles. The summed E-state index contributed by atoms with van der Waals surface area (Å²) in [5.41, 5.74) is 4.80. The minimum absolute atomic E-state index is 0.0139. The van der Waals surface area contributed by atoms with Gasteiger partial charge in [0, 0.05) is 5.69 Å². The highest BCUT2D eigenvalue weighted by molar-refractivity contribution is 7.91. The fraction of sp³-hybridized carbons (Fsp3) is 0.292. The van der Waals surface area contributed by atoms with Crippen LogP contribution < -0.4 is 5.32 Å². The molecular weight excluding hydrogens is 440 g/mol. The second-order valence-electron chi connectivity index (χ2n) is 8.65. The topological polar surface area (TPSA) is 107 Å². The third kappa shape index (κ3) is 4.04. The largest absolute Gasteiger partial charge is 0.463 e. The molecule has 1 aromatic carbocycles. The summed E-state index contributed by atoms with van der Waals surface area (Å²) in [6.07, 6.45) is 2.01. The van der Waals surface area contributed by atoms with Crippen molar-refractivity contribution in [3.05, 3.63) is 65.0 Å². The van der Waals surface area contributed by atoms with E-state index in [0.717, 1.165) is 11.1 Å². The lowest BCUT2D eigenvalue weighted by atomic mass is 10.1. The molecule has 0 spiro atoms. The number of rotatable bonds is 4. The standard InChI is InChI=1S/C24H24N4O4S/c1-14-9-15(2)11-17(10-14)25-24(29)19-12-20(21-5-4-7-32-21)26-23-22(19)16(3)27-28(23)18-6-8-33(30,31)13-18/h4-5,7,9-12,18H,6,8,13H2,1-3H3,(H,25,29). The maximum atomic E-state index is 13.5. The maximum Gasteiger partial charge on any atom is 0.256 e. The number of sulfone groups is 1. The number of aromatic nitrogens is 3. The van der Waals surface area contributed by atoms with Crippen molar-refractivity contribution in [2.75, 3.05) is 16.8 Å². The summed E-state index contributed by atoms with van der Waals surface area (Å²) in [4.78, 5) is 18.2. The van der Waals surface area contributed by atoms with Gasteiger partial charge in [-0.25, -0.2) is 18.1 Å². The van der Waals surface area contributed by atoms with Crippen LogP contribution in [0, 0.1) is 20.8 Å². The Morgan fingerprint density at radius 3 is 2.55 bits per heavy atom. The lowest BCUT2D eigenvalue weighted by Gasteiger charge is -2.12. The van der Waals surface area contributed by atoms with Crippen LogP contribution in [0.5, 0.6) is 0 Å². The monoisotopic (exact) mass is 464 g/mol. The van der Waals surface area contributed by atoms with Crippen molar-refractivity contribution in [1.82, 2.24) is 14.8 Å². The molecule has 1 unspecified atom stereocenters. The van der Waals surface area contributed by atoms with Crippen molar-refractivity contribution in [3.63, 3.8) is 0 Å². The van der Waals surface area contributed by atoms with Crippen LogP contribution in [0.15, 0.2) is 47.1 Å². The van der Waals surface area contributed by atoms with Crippen molar-refractivity contribution >= 4 is 32.5 Å². The maximum absolute atomic E-state index is 13.5. The molecule has 1 atom stereocenters. The number of amides is 1. The highest BCUT2D eigenvalue weighted by atomic mass is 32.2. The minimum Gasteiger partial charge on any atom is -0.463 e. The SMILES string of the molecule is Cc1cc(C)cc(NC(=O)c2cc(-c3ccco3)nc3c2c(C)nn3C2CCS(=O)(=O)C2)c1. The van der Waals surface area contributed by atoms with E-state index in [2.05, 4.69) is 10.4 Å². The van der Waals surface area contributed by atoms with Crippen LogP contribution in [0.25, 0.3) is 22.5 Å². The smallest absolute Gasteiger partial charge is 0.256 e. The number of aryl methyl sites for hydroxylation is 3. The van der Waals surface area contributed by atoms with Gasteiger partial charge in [-0.2, -0.15) is 5.10 Å². The Balaban J connectivity index is 1.66. The van der Waals surface area contributed by atoms with E-state index in [4.69, 9.17) is 9.40 Å². The van der Waals surface area contributed by atoms with Gasteiger partial charge in [0.1, 0.15) is 5.69 Å². The number of carbonyl (C=O) groups excluding carboxylic acids is 1. The van der Waals surface area contributed by atoms with Gasteiger partial charge in [0.25, 0.3) is 5.91 Å². The number of furan rings is 1. The normalized spacial score (nSPS) is 17.5. The first-order valence-corrected chi connectivity index (χ1v) is 12.6. The van der Waals surface area contributed by atoms with E-state index in [1.54, 1.807) is 29.1 Å². The Kier molecular flexibility index (Phi) is 5.08. The van der Waals surface area contributed by atoms with E-state index in [1.807, 2.05) is 39.0 Å². The summed E-state index contributed by atoms with van der Waals surface area (Å²) in [5.74, 6) is 0.361. The molecule has 0 radical (unpaired) electrons. The Hall–Kier alpha value is -3.46. The number of benzene rings is 1. The predicted octanol–water partition coefficient (Wildman–Crippen LogP) is 4.23. The number of fused-ring (bicyclic) bond motifs is 1. The van der Waals surface area contributed by atoms with Crippen LogP contribution in [-0.4, -0.2) is 40.6 Å². The molecule has 0 bridgehead atoms. The van der Waals surface area contributed by atoms with Crippen LogP contribution >= 0.6 is 0 Å². The quantitative estimate of drug-likeness (QED) is 0.484. The predicted molar refractivity (Wildman–Crippen MR) is 126 cm³/mol. The molecule has 5 rings (SSSR count). The zero-order valence-electron chi connectivity index (χ0n) is 18.6. The molecule has 9 heteroatoms. The molecule has 1 aliphatic rings. The van der Waals surface area contributed by atoms with Gasteiger partial charge >= 0.3 is 0 Å². The zero-order valence-corrected chi connectivity index (χ0v) is 19.4. The summed E-state index contributed by atoms with van der Waals surface area (Å²) in [7, 11) is -3.12. The highest BCUT2D eigenvalue weighted by Crippen LogP contribution is 2.32. The van der Waals surface area contributed by atoms with Gasteiger partial charge in [0.05, 0.1) is 40.5 Å². The Bertz CT molecular complexity index is 1470. The van der Waals surface area contributed by atoms with Gasteiger partial charge < -0.3 is 9.73 Å². The molecule has 1 saturated heterocycles. The average molecular weight is 465 g/mol. The molecule has 33 heavy (non-hydrogen) atoms. The summed E-state index contributed by atoms with van der Waals surface area (Å²) in [6, 6.07) is 10.8. The van der Waals surface area contributed by atoms with Crippen molar-refractivity contribution in [2.45, 2.75) is 33.2 Å². The van der Waals surface area contributed by atoms with E-state index < -0.39 is 9.84 Å². The van der Waals surface area contributed by atoms with Gasteiger partial charge in [0.2, 0.25) is 0 Å². The molecule has 8 nitrogen and oxygen atoms in total. The van der Waals surface area contributed by atoms with E-state index >= 15 is 0 Å². The summed E-state index contributed by atoms with van der Waals surface area (Å²) in [5, 5.41) is 8.22. The van der Waals surface area contributed by atoms with Gasteiger partial charge in [-0.15, -0.1) is 0 Å². The lowest BCUT2D eigenvalue weighted by molar-refractivity contribution is 0.102. The molecule has 3 aromatic heterocycles. The molecular formula is C24H24N4O4S. The number of nitrogens with one attached hydrogen (secondary N) is 1. The minimum atomic E-state index is -3.12. The molecule has 4 heterocycles. The van der Waals surface area contributed by atoms with Gasteiger partial charge in [0.15, 0.2) is 21.2 Å². The second kappa shape index (κ2) is 7.84. The van der Waals surface area contributed by atoms with Gasteiger partial charge in [-0.3, -0.25) is 4.79 Å². The van der Waals surface area contributed by atoms with Crippen molar-refractivity contribution in [3.8, 4) is 11.5 Å². The zero-order chi connectivity index (χ0) is 23.3. The number of pyridine rings is 1. The first-order chi connectivity index (χ1) is 15.7. The van der Waals surface area contributed by atoms with Crippen molar-refractivity contribution in [1.29, 1.82) is 0 Å². The van der Waals surface area contributed by atoms with Crippen LogP contribution in [0.2, 0.25) is 0 Å². The van der Waals surface area contributed by atoms with E-state index in [0.29, 0.717) is 45.9 Å².